The Morgan fingerprint density at radius 1 is 0.570 bits per heavy atom. The molecule has 1 aliphatic heterocycles. The van der Waals surface area contributed by atoms with Crippen molar-refractivity contribution in [3.05, 3.63) is 210 Å². The van der Waals surface area contributed by atoms with Crippen molar-refractivity contribution in [1.82, 2.24) is 14.1 Å². The second-order valence-corrected chi connectivity index (χ2v) is 23.6. The lowest BCUT2D eigenvalue weighted by Crippen LogP contribution is -2.35. The van der Waals surface area contributed by atoms with Gasteiger partial charge in [0.05, 0.1) is 48.5 Å². The number of nitrogens with zero attached hydrogens (tertiary/aromatic N) is 4. The lowest BCUT2D eigenvalue weighted by Gasteiger charge is -2.42. The van der Waals surface area contributed by atoms with Crippen LogP contribution in [0.1, 0.15) is 167 Å². The van der Waals surface area contributed by atoms with Crippen LogP contribution >= 0.6 is 0 Å². The van der Waals surface area contributed by atoms with Gasteiger partial charge in [-0.1, -0.05) is 199 Å². The largest absolute Gasteiger partial charge is 0.458 e. The highest BCUT2D eigenvalue weighted by molar-refractivity contribution is 6.09. The summed E-state index contributed by atoms with van der Waals surface area (Å²) in [5.41, 5.74) is -13.6. The SMILES string of the molecule is [2H]c1c([2H])c([2H])c2c(c1[2H])-c1cc(C(C)(C)C)cc(C(C)(C)C)c1-[n+]1[c-]n(-c3cccc(Oc4ccc5c6ccccc6n(-c6cc(C(C)(C)C)ccn6)c5c4)c3)c3cc(-c4c([2H])c([2H])c5c(c4[2H])C(C([2H])([2H])[2H])(C([2H])([2H])[2H])C([2H])([2H])C([2H])([2H])C5(C([2H])([2H])[2H])C([2H])([2H])[2H])cc(c31)-c1c([2H])c([2H])c([2H])c([2H])c1-2. The van der Waals surface area contributed by atoms with Crippen LogP contribution in [0.15, 0.2) is 176 Å². The van der Waals surface area contributed by atoms with E-state index in [1.165, 1.54) is 10.6 Å². The number of fused-ring (bicyclic) bond motifs is 11. The Kier molecular flexibility index (Phi) is 6.46. The third-order valence-electron chi connectivity index (χ3n) is 15.0. The number of para-hydroxylation sites is 1. The molecule has 0 saturated heterocycles. The normalized spacial score (nSPS) is 21.6. The Morgan fingerprint density at radius 2 is 1.23 bits per heavy atom. The molecule has 3 aromatic heterocycles. The van der Waals surface area contributed by atoms with Gasteiger partial charge in [0.1, 0.15) is 17.3 Å². The molecule has 0 radical (unpaired) electrons. The van der Waals surface area contributed by atoms with Gasteiger partial charge in [0.15, 0.2) is 0 Å². The molecule has 2 aliphatic rings. The predicted octanol–water partition coefficient (Wildman–Crippen LogP) is 19.2. The molecule has 0 spiro atoms. The van der Waals surface area contributed by atoms with E-state index < -0.39 is 167 Å². The molecule has 0 N–H and O–H groups in total. The van der Waals surface area contributed by atoms with Gasteiger partial charge in [0.2, 0.25) is 0 Å². The summed E-state index contributed by atoms with van der Waals surface area (Å²) in [5.74, 6) is 1.20. The molecule has 11 aromatic rings. The quantitative estimate of drug-likeness (QED) is 0.127. The van der Waals surface area contributed by atoms with Gasteiger partial charge < -0.3 is 4.74 Å². The van der Waals surface area contributed by atoms with Crippen LogP contribution in [0.25, 0.3) is 94.5 Å². The van der Waals surface area contributed by atoms with Crippen LogP contribution in [0.5, 0.6) is 11.5 Å². The van der Waals surface area contributed by atoms with E-state index >= 15 is 0 Å². The summed E-state index contributed by atoms with van der Waals surface area (Å²) in [6.45, 7) is 0.268. The highest BCUT2D eigenvalue weighted by atomic mass is 16.5. The average molecular weight is 1060 g/mol. The minimum absolute atomic E-state index is 0.0445. The van der Waals surface area contributed by atoms with Crippen molar-refractivity contribution >= 4 is 32.8 Å². The Labute approximate surface area is 505 Å². The van der Waals surface area contributed by atoms with Crippen LogP contribution in [-0.4, -0.2) is 14.1 Å². The number of imidazole rings is 1. The molecule has 0 fully saturated rings. The van der Waals surface area contributed by atoms with Gasteiger partial charge in [-0.25, -0.2) is 4.98 Å². The Morgan fingerprint density at radius 3 is 1.92 bits per heavy atom. The van der Waals surface area contributed by atoms with Crippen molar-refractivity contribution in [3.8, 4) is 73.2 Å². The summed E-state index contributed by atoms with van der Waals surface area (Å²) >= 11 is 0. The molecular weight excluding hydrogens is 961 g/mol. The second kappa shape index (κ2) is 17.7. The van der Waals surface area contributed by atoms with E-state index in [0.29, 0.717) is 22.7 Å². The zero-order valence-electron chi connectivity index (χ0n) is 72.1. The van der Waals surface area contributed by atoms with E-state index in [0.717, 1.165) is 33.4 Å². The third-order valence-corrected chi connectivity index (χ3v) is 15.0. The number of ether oxygens (including phenoxy) is 1. The standard InChI is InChI=1S/C74H72N4O/c1-70(2,3)48-33-36-75-67(42-48)78-64-28-19-18-27-57(64)58-31-30-52(44-65(58)78)79-51-22-20-21-50(43-51)76-45-77-68-60(40-49(71(4,5)6)41-63(68)72(7,8)9)56-26-17-15-24-54(56)53-23-14-16-25-55(53)59-37-47(39-66(76)69(59)77)46-29-32-61-62(38-46)74(12,13)35-34-73(61,10)11/h14-33,36-44H,34-35H2,1-13H3/i10D3,11D3,12D3,13D3,14D,15D,16D,17D,23D,24D,25D,26D,29D,32D,34D2,35D2,38D. The van der Waals surface area contributed by atoms with E-state index in [1.807, 2.05) is 101 Å². The van der Waals surface area contributed by atoms with E-state index in [2.05, 4.69) is 27.1 Å². The molecule has 1 aliphatic carbocycles. The minimum atomic E-state index is -4.68. The fraction of sp³-hybridized carbons (Fsp3) is 0.270. The number of benzene rings is 8. The molecule has 0 bridgehead atoms. The molecule has 394 valence electrons. The van der Waals surface area contributed by atoms with Gasteiger partial charge in [-0.2, -0.15) is 0 Å². The van der Waals surface area contributed by atoms with Gasteiger partial charge in [0.25, 0.3) is 6.33 Å². The van der Waals surface area contributed by atoms with Gasteiger partial charge >= 0.3 is 0 Å². The molecule has 4 heterocycles. The number of hydrogen-bond acceptors (Lipinski definition) is 2. The lowest BCUT2D eigenvalue weighted by atomic mass is 9.63. The molecule has 0 saturated carbocycles. The van der Waals surface area contributed by atoms with Crippen molar-refractivity contribution in [3.63, 3.8) is 0 Å². The van der Waals surface area contributed by atoms with E-state index in [9.17, 15) is 20.6 Å². The molecule has 0 unspecified atom stereocenters. The summed E-state index contributed by atoms with van der Waals surface area (Å²) in [6, 6.07) is 19.2. The topological polar surface area (TPSA) is 35.9 Å². The molecule has 79 heavy (non-hydrogen) atoms. The van der Waals surface area contributed by atoms with Crippen LogP contribution in [0.4, 0.5) is 0 Å². The lowest BCUT2D eigenvalue weighted by molar-refractivity contribution is -0.572. The smallest absolute Gasteiger partial charge is 0.269 e. The first kappa shape index (κ1) is 28.7. The van der Waals surface area contributed by atoms with Crippen LogP contribution < -0.4 is 9.30 Å². The average Bonchev–Trinajstić information content (AvgIpc) is 0.755. The number of rotatable bonds is 5. The Bertz CT molecular complexity index is 5590. The number of pyridine rings is 1. The zero-order valence-corrected chi connectivity index (χ0v) is 45.1. The summed E-state index contributed by atoms with van der Waals surface area (Å²) in [4.78, 5) is 4.84. The Balaban J connectivity index is 1.23. The van der Waals surface area contributed by atoms with Crippen molar-refractivity contribution in [1.29, 1.82) is 0 Å². The number of hydrogen-bond donors (Lipinski definition) is 0. The van der Waals surface area contributed by atoms with Crippen molar-refractivity contribution in [2.24, 2.45) is 0 Å². The summed E-state index contributed by atoms with van der Waals surface area (Å²) < 4.78 is 266. The number of aromatic nitrogens is 4. The molecular formula is C74H72N4O. The highest BCUT2D eigenvalue weighted by Crippen LogP contribution is 2.50. The molecule has 5 heteroatoms. The molecule has 5 nitrogen and oxygen atoms in total. The third kappa shape index (κ3) is 8.42. The first-order valence-electron chi connectivity index (χ1n) is 39.5. The van der Waals surface area contributed by atoms with E-state index in [1.54, 1.807) is 47.2 Å². The highest BCUT2D eigenvalue weighted by Gasteiger charge is 2.38. The van der Waals surface area contributed by atoms with Crippen molar-refractivity contribution in [2.45, 2.75) is 130 Å². The van der Waals surface area contributed by atoms with Gasteiger partial charge in [-0.15, -0.1) is 0 Å². The van der Waals surface area contributed by atoms with Crippen LogP contribution in [0.3, 0.4) is 0 Å². The van der Waals surface area contributed by atoms with Crippen molar-refractivity contribution in [2.75, 3.05) is 0 Å². The summed E-state index contributed by atoms with van der Waals surface area (Å²) in [5, 5.41) is 1.82. The fourth-order valence-electron chi connectivity index (χ4n) is 10.9. The fourth-order valence-corrected chi connectivity index (χ4v) is 10.9. The van der Waals surface area contributed by atoms with Crippen LogP contribution in [0.2, 0.25) is 0 Å². The van der Waals surface area contributed by atoms with E-state index in [-0.39, 0.29) is 50.3 Å². The first-order valence-corrected chi connectivity index (χ1v) is 26.0. The second-order valence-electron chi connectivity index (χ2n) is 23.6. The Hall–Kier alpha value is -8.02. The maximum atomic E-state index is 10.4. The van der Waals surface area contributed by atoms with Gasteiger partial charge in [0, 0.05) is 45.0 Å². The molecule has 0 atom stereocenters. The van der Waals surface area contributed by atoms with Crippen molar-refractivity contribution < 1.29 is 46.3 Å². The monoisotopic (exact) mass is 1060 g/mol. The molecule has 8 aromatic carbocycles. The maximum Gasteiger partial charge on any atom is 0.269 e. The van der Waals surface area contributed by atoms with E-state index in [4.69, 9.17) is 26.2 Å². The summed E-state index contributed by atoms with van der Waals surface area (Å²) in [6.07, 6.45) is -4.06. The molecule has 0 amide bonds. The first-order chi connectivity index (χ1) is 48.7. The zero-order chi connectivity index (χ0) is 78.3. The van der Waals surface area contributed by atoms with Gasteiger partial charge in [-0.3, -0.25) is 13.7 Å². The summed E-state index contributed by atoms with van der Waals surface area (Å²) in [7, 11) is 0. The van der Waals surface area contributed by atoms with Crippen LogP contribution in [0, 0.1) is 6.33 Å². The van der Waals surface area contributed by atoms with Gasteiger partial charge in [-0.05, 0) is 167 Å². The predicted molar refractivity (Wildman–Crippen MR) is 329 cm³/mol. The van der Waals surface area contributed by atoms with Crippen LogP contribution in [-0.2, 0) is 27.1 Å². The maximum absolute atomic E-state index is 10.4. The minimum Gasteiger partial charge on any atom is -0.458 e. The molecule has 13 rings (SSSR count).